The predicted octanol–water partition coefficient (Wildman–Crippen LogP) is 5.18. The van der Waals surface area contributed by atoms with Crippen LogP contribution in [0.4, 0.5) is 4.79 Å². The molecule has 5 atom stereocenters. The Hall–Kier alpha value is -5.22. The summed E-state index contributed by atoms with van der Waals surface area (Å²) in [5.41, 5.74) is -1.28. The van der Waals surface area contributed by atoms with Crippen LogP contribution in [0.1, 0.15) is 67.2 Å². The summed E-state index contributed by atoms with van der Waals surface area (Å²) in [7, 11) is -0.240. The van der Waals surface area contributed by atoms with Crippen molar-refractivity contribution in [3.05, 3.63) is 67.3 Å². The number of ether oxygens (including phenoxy) is 4. The summed E-state index contributed by atoms with van der Waals surface area (Å²) in [5.74, 6) is -1.64. The molecule has 4 amide bonds. The molecule has 3 aliphatic rings. The number of aromatic nitrogens is 1. The van der Waals surface area contributed by atoms with Gasteiger partial charge in [-0.25, -0.2) is 22.5 Å². The lowest BCUT2D eigenvalue weighted by Crippen LogP contribution is -2.60. The van der Waals surface area contributed by atoms with Crippen molar-refractivity contribution in [3.63, 3.8) is 0 Å². The molecule has 2 aliphatic carbocycles. The minimum atomic E-state index is -4.25. The number of nitrogens with zero attached hydrogens (tertiary/aromatic N) is 3. The van der Waals surface area contributed by atoms with E-state index in [-0.39, 0.29) is 32.2 Å². The van der Waals surface area contributed by atoms with Crippen molar-refractivity contribution in [1.29, 1.82) is 0 Å². The topological polar surface area (TPSA) is 183 Å². The first-order valence-corrected chi connectivity index (χ1v) is 21.1. The molecular formula is C43H55N5O10S. The predicted molar refractivity (Wildman–Crippen MR) is 221 cm³/mol. The second-order valence-corrected chi connectivity index (χ2v) is 19.8. The number of carbonyl (C=O) groups excluding carboxylic acids is 4. The van der Waals surface area contributed by atoms with Crippen LogP contribution in [0.15, 0.2) is 67.3 Å². The number of likely N-dealkylation sites (tertiary alicyclic amines) is 1. The highest BCUT2D eigenvalue weighted by Crippen LogP contribution is 2.50. The van der Waals surface area contributed by atoms with E-state index in [1.807, 2.05) is 36.4 Å². The van der Waals surface area contributed by atoms with Crippen molar-refractivity contribution >= 4 is 44.7 Å². The minimum absolute atomic E-state index is 0.00847. The highest BCUT2D eigenvalue weighted by molar-refractivity contribution is 7.91. The number of benzene rings is 2. The maximum absolute atomic E-state index is 14.8. The van der Waals surface area contributed by atoms with E-state index in [0.29, 0.717) is 32.4 Å². The molecule has 6 rings (SSSR count). The van der Waals surface area contributed by atoms with E-state index in [1.165, 1.54) is 18.1 Å². The van der Waals surface area contributed by atoms with E-state index in [2.05, 4.69) is 17.2 Å². The van der Waals surface area contributed by atoms with Crippen molar-refractivity contribution < 1.29 is 46.5 Å². The fraction of sp³-hybridized carbons (Fsp3) is 0.512. The fourth-order valence-electron chi connectivity index (χ4n) is 7.58. The summed E-state index contributed by atoms with van der Waals surface area (Å²) >= 11 is 0. The second-order valence-electron chi connectivity index (χ2n) is 17.6. The maximum Gasteiger partial charge on any atom is 0.408 e. The standard InChI is InChI=1S/C43H55N5O10S/c1-11-27-24-43(27,38(51)47(8)59(53,54)42(56-10)19-20-42)46-36(49)33-22-29(25-48(33)37(50)35(40(2,3)4)45-39(52)58-41(5,6)7)57-34-23-31(26-15-13-12-14-16-26)44-32-21-28(55-9)17-18-30(32)34/h11-18,21,23,27,29,33,35H,1,19-20,22,24-25H2,2-10H3,(H,45,52)(H,46,49). The van der Waals surface area contributed by atoms with E-state index in [4.69, 9.17) is 23.9 Å². The normalized spacial score (nSPS) is 22.8. The molecule has 3 aromatic rings. The molecule has 0 spiro atoms. The molecule has 0 radical (unpaired) electrons. The van der Waals surface area contributed by atoms with Crippen LogP contribution >= 0.6 is 0 Å². The number of likely N-dealkylation sites (N-methyl/N-ethyl adjacent to an activating group) is 1. The van der Waals surface area contributed by atoms with Gasteiger partial charge in [0.2, 0.25) is 11.8 Å². The lowest BCUT2D eigenvalue weighted by Gasteiger charge is -2.36. The Morgan fingerprint density at radius 1 is 1.02 bits per heavy atom. The summed E-state index contributed by atoms with van der Waals surface area (Å²) in [4.78, 5) is 61.4. The highest BCUT2D eigenvalue weighted by Gasteiger charge is 2.66. The van der Waals surface area contributed by atoms with Crippen LogP contribution < -0.4 is 20.1 Å². The Bertz CT molecular complexity index is 2250. The number of carbonyl (C=O) groups is 4. The Labute approximate surface area is 345 Å². The molecule has 1 saturated heterocycles. The van der Waals surface area contributed by atoms with Gasteiger partial charge in [-0.3, -0.25) is 14.4 Å². The van der Waals surface area contributed by atoms with Crippen LogP contribution in [0.25, 0.3) is 22.2 Å². The van der Waals surface area contributed by atoms with Crippen LogP contribution in [0, 0.1) is 11.3 Å². The van der Waals surface area contributed by atoms with Gasteiger partial charge in [0.25, 0.3) is 15.9 Å². The summed E-state index contributed by atoms with van der Waals surface area (Å²) in [6.45, 7) is 14.2. The highest BCUT2D eigenvalue weighted by atomic mass is 32.2. The van der Waals surface area contributed by atoms with E-state index < -0.39 is 79.4 Å². The Morgan fingerprint density at radius 3 is 2.25 bits per heavy atom. The summed E-state index contributed by atoms with van der Waals surface area (Å²) < 4.78 is 50.8. The molecule has 15 nitrogen and oxygen atoms in total. The zero-order valence-corrected chi connectivity index (χ0v) is 36.0. The van der Waals surface area contributed by atoms with Gasteiger partial charge in [-0.1, -0.05) is 57.2 Å². The van der Waals surface area contributed by atoms with Gasteiger partial charge in [0.05, 0.1) is 24.9 Å². The Morgan fingerprint density at radius 2 is 1.69 bits per heavy atom. The number of methoxy groups -OCH3 is 2. The third-order valence-electron chi connectivity index (χ3n) is 11.1. The number of hydrogen-bond acceptors (Lipinski definition) is 11. The number of rotatable bonds is 13. The quantitative estimate of drug-likeness (QED) is 0.217. The molecule has 0 bridgehead atoms. The molecule has 3 fully saturated rings. The molecule has 2 aromatic carbocycles. The second kappa shape index (κ2) is 15.8. The minimum Gasteiger partial charge on any atom is -0.497 e. The van der Waals surface area contributed by atoms with Crippen LogP contribution in [-0.2, 0) is 33.9 Å². The van der Waals surface area contributed by atoms with Crippen molar-refractivity contribution in [2.24, 2.45) is 11.3 Å². The molecule has 2 N–H and O–H groups in total. The number of alkyl carbamates (subject to hydrolysis) is 1. The first-order valence-electron chi connectivity index (χ1n) is 19.6. The lowest BCUT2D eigenvalue weighted by molar-refractivity contribution is -0.143. The van der Waals surface area contributed by atoms with Crippen molar-refractivity contribution in [2.75, 3.05) is 27.8 Å². The molecule has 2 saturated carbocycles. The molecule has 5 unspecified atom stereocenters. The maximum atomic E-state index is 14.8. The van der Waals surface area contributed by atoms with E-state index in [9.17, 15) is 27.6 Å². The lowest BCUT2D eigenvalue weighted by atomic mass is 9.85. The third kappa shape index (κ3) is 8.60. The first kappa shape index (κ1) is 43.4. The monoisotopic (exact) mass is 833 g/mol. The largest absolute Gasteiger partial charge is 0.497 e. The average molecular weight is 834 g/mol. The molecule has 2 heterocycles. The van der Waals surface area contributed by atoms with Gasteiger partial charge in [-0.05, 0) is 57.6 Å². The number of nitrogens with one attached hydrogen (secondary N) is 2. The van der Waals surface area contributed by atoms with Gasteiger partial charge >= 0.3 is 6.09 Å². The average Bonchev–Trinajstić information content (AvgIpc) is 4.09. The van der Waals surface area contributed by atoms with Crippen LogP contribution in [-0.4, -0.2) is 108 Å². The zero-order valence-electron chi connectivity index (χ0n) is 35.2. The molecule has 1 aromatic heterocycles. The Kier molecular flexibility index (Phi) is 11.6. The van der Waals surface area contributed by atoms with Gasteiger partial charge < -0.3 is 34.5 Å². The van der Waals surface area contributed by atoms with Gasteiger partial charge in [-0.2, -0.15) is 0 Å². The SMILES string of the molecule is C=CC1CC1(NC(=O)C1CC(Oc2cc(-c3ccccc3)nc3cc(OC)ccc23)CN1C(=O)C(NC(=O)OC(C)(C)C)C(C)(C)C)C(=O)N(C)S(=O)(=O)C1(OC)CC1. The molecule has 1 aliphatic heterocycles. The Balaban J connectivity index is 1.36. The summed E-state index contributed by atoms with van der Waals surface area (Å²) in [6.07, 6.45) is 0.484. The van der Waals surface area contributed by atoms with Gasteiger partial charge in [0.1, 0.15) is 40.8 Å². The molecule has 16 heteroatoms. The van der Waals surface area contributed by atoms with Crippen molar-refractivity contribution in [3.8, 4) is 22.8 Å². The van der Waals surface area contributed by atoms with Crippen LogP contribution in [0.5, 0.6) is 11.5 Å². The van der Waals surface area contributed by atoms with Crippen LogP contribution in [0.3, 0.4) is 0 Å². The third-order valence-corrected chi connectivity index (χ3v) is 13.5. The van der Waals surface area contributed by atoms with Crippen LogP contribution in [0.2, 0.25) is 0 Å². The number of hydrogen-bond donors (Lipinski definition) is 2. The number of fused-ring (bicyclic) bond motifs is 1. The number of pyridine rings is 1. The van der Waals surface area contributed by atoms with Crippen molar-refractivity contribution in [2.45, 2.75) is 101 Å². The number of amides is 4. The summed E-state index contributed by atoms with van der Waals surface area (Å²) in [6, 6.07) is 14.4. The van der Waals surface area contributed by atoms with Gasteiger partial charge in [0.15, 0.2) is 4.93 Å². The van der Waals surface area contributed by atoms with E-state index in [1.54, 1.807) is 66.9 Å². The zero-order chi connectivity index (χ0) is 43.3. The number of sulfonamides is 1. The van der Waals surface area contributed by atoms with Gasteiger partial charge in [0, 0.05) is 49.6 Å². The van der Waals surface area contributed by atoms with Gasteiger partial charge in [-0.15, -0.1) is 6.58 Å². The van der Waals surface area contributed by atoms with E-state index in [0.717, 1.165) is 12.6 Å². The first-order chi connectivity index (χ1) is 27.6. The smallest absolute Gasteiger partial charge is 0.408 e. The van der Waals surface area contributed by atoms with E-state index >= 15 is 0 Å². The summed E-state index contributed by atoms with van der Waals surface area (Å²) in [5, 5.41) is 6.25. The van der Waals surface area contributed by atoms with Crippen molar-refractivity contribution in [1.82, 2.24) is 24.8 Å². The fourth-order valence-corrected chi connectivity index (χ4v) is 9.29. The molecule has 318 valence electrons. The molecular weight excluding hydrogens is 779 g/mol. The molecule has 59 heavy (non-hydrogen) atoms.